The standard InChI is InChI=1S/C28H31N5O2/c29-21-9-11-22(12-10-21)32-28(35)26-13-17-5-6-18(27(30)31)14-25(17)33(26)15-19-7-8-20(16-34)24-4-2-1-3-23(19)24/h1-8,13-14,21-22,34H,9-12,15-16,29H2,(H3,30,31)(H,32,35). The van der Waals surface area contributed by atoms with Gasteiger partial charge in [-0.1, -0.05) is 48.5 Å². The minimum atomic E-state index is -0.109. The fraction of sp³-hybridized carbons (Fsp3) is 0.286. The summed E-state index contributed by atoms with van der Waals surface area (Å²) in [6.45, 7) is 0.434. The number of aromatic nitrogens is 1. The molecule has 0 unspecified atom stereocenters. The van der Waals surface area contributed by atoms with Crippen LogP contribution in [0.1, 0.15) is 52.9 Å². The van der Waals surface area contributed by atoms with Crippen LogP contribution in [0.3, 0.4) is 0 Å². The molecule has 0 radical (unpaired) electrons. The van der Waals surface area contributed by atoms with Gasteiger partial charge in [0, 0.05) is 35.1 Å². The Kier molecular flexibility index (Phi) is 6.28. The van der Waals surface area contributed by atoms with E-state index in [9.17, 15) is 9.90 Å². The van der Waals surface area contributed by atoms with E-state index in [0.29, 0.717) is 17.8 Å². The third-order valence-electron chi connectivity index (χ3n) is 7.16. The highest BCUT2D eigenvalue weighted by molar-refractivity contribution is 6.02. The minimum Gasteiger partial charge on any atom is -0.392 e. The third-order valence-corrected chi connectivity index (χ3v) is 7.16. The lowest BCUT2D eigenvalue weighted by molar-refractivity contribution is 0.0917. The van der Waals surface area contributed by atoms with E-state index in [-0.39, 0.29) is 30.4 Å². The second-order valence-electron chi connectivity index (χ2n) is 9.48. The molecule has 7 nitrogen and oxygen atoms in total. The van der Waals surface area contributed by atoms with Crippen LogP contribution in [-0.2, 0) is 13.2 Å². The van der Waals surface area contributed by atoms with Crippen LogP contribution in [0.25, 0.3) is 21.7 Å². The van der Waals surface area contributed by atoms with Gasteiger partial charge in [0.05, 0.1) is 6.61 Å². The van der Waals surface area contributed by atoms with E-state index in [2.05, 4.69) is 5.32 Å². The molecule has 7 N–H and O–H groups in total. The molecule has 3 aromatic carbocycles. The van der Waals surface area contributed by atoms with Gasteiger partial charge in [0.15, 0.2) is 0 Å². The molecule has 35 heavy (non-hydrogen) atoms. The zero-order chi connectivity index (χ0) is 24.5. The van der Waals surface area contributed by atoms with Crippen LogP contribution >= 0.6 is 0 Å². The monoisotopic (exact) mass is 469 g/mol. The number of nitrogens with zero attached hydrogens (tertiary/aromatic N) is 1. The quantitative estimate of drug-likeness (QED) is 0.218. The first-order valence-corrected chi connectivity index (χ1v) is 12.1. The van der Waals surface area contributed by atoms with Crippen molar-refractivity contribution in [3.63, 3.8) is 0 Å². The summed E-state index contributed by atoms with van der Waals surface area (Å²) >= 11 is 0. The number of amides is 1. The van der Waals surface area contributed by atoms with E-state index in [1.807, 2.05) is 65.2 Å². The molecule has 4 aromatic rings. The van der Waals surface area contributed by atoms with Crippen LogP contribution in [0, 0.1) is 5.41 Å². The lowest BCUT2D eigenvalue weighted by atomic mass is 9.92. The Morgan fingerprint density at radius 1 is 1.00 bits per heavy atom. The Hall–Kier alpha value is -3.68. The normalized spacial score (nSPS) is 18.1. The largest absolute Gasteiger partial charge is 0.392 e. The average Bonchev–Trinajstić information content (AvgIpc) is 3.23. The van der Waals surface area contributed by atoms with Crippen molar-refractivity contribution in [2.24, 2.45) is 11.5 Å². The second kappa shape index (κ2) is 9.52. The number of aliphatic hydroxyl groups is 1. The summed E-state index contributed by atoms with van der Waals surface area (Å²) in [6, 6.07) is 19.8. The van der Waals surface area contributed by atoms with Crippen molar-refractivity contribution in [2.45, 2.75) is 50.9 Å². The van der Waals surface area contributed by atoms with Crippen molar-refractivity contribution in [1.82, 2.24) is 9.88 Å². The summed E-state index contributed by atoms with van der Waals surface area (Å²) in [5.41, 5.74) is 15.8. The number of hydrogen-bond donors (Lipinski definition) is 5. The van der Waals surface area contributed by atoms with Gasteiger partial charge in [0.2, 0.25) is 0 Å². The highest BCUT2D eigenvalue weighted by Gasteiger charge is 2.23. The Morgan fingerprint density at radius 3 is 2.37 bits per heavy atom. The van der Waals surface area contributed by atoms with Crippen LogP contribution in [0.5, 0.6) is 0 Å². The van der Waals surface area contributed by atoms with E-state index in [0.717, 1.165) is 58.5 Å². The van der Waals surface area contributed by atoms with Crippen LogP contribution in [0.2, 0.25) is 0 Å². The number of nitrogen functional groups attached to an aromatic ring is 1. The molecule has 5 rings (SSSR count). The van der Waals surface area contributed by atoms with E-state index >= 15 is 0 Å². The van der Waals surface area contributed by atoms with Gasteiger partial charge in [-0.15, -0.1) is 0 Å². The molecule has 1 aliphatic rings. The van der Waals surface area contributed by atoms with Gasteiger partial charge in [-0.05, 0) is 59.7 Å². The molecule has 180 valence electrons. The average molecular weight is 470 g/mol. The molecule has 0 saturated heterocycles. The molecular formula is C28H31N5O2. The van der Waals surface area contributed by atoms with E-state index < -0.39 is 0 Å². The number of nitrogens with one attached hydrogen (secondary N) is 2. The third kappa shape index (κ3) is 4.52. The summed E-state index contributed by atoms with van der Waals surface area (Å²) in [4.78, 5) is 13.5. The van der Waals surface area contributed by atoms with E-state index in [1.165, 1.54) is 0 Å². The number of carbonyl (C=O) groups excluding carboxylic acids is 1. The number of fused-ring (bicyclic) bond motifs is 2. The fourth-order valence-corrected chi connectivity index (χ4v) is 5.17. The number of aliphatic hydroxyl groups excluding tert-OH is 1. The first kappa shape index (κ1) is 23.1. The van der Waals surface area contributed by atoms with Crippen molar-refractivity contribution in [3.8, 4) is 0 Å². The van der Waals surface area contributed by atoms with Gasteiger partial charge in [-0.3, -0.25) is 10.2 Å². The summed E-state index contributed by atoms with van der Waals surface area (Å²) in [7, 11) is 0. The highest BCUT2D eigenvalue weighted by atomic mass is 16.3. The van der Waals surface area contributed by atoms with Crippen LogP contribution in [0.15, 0.2) is 60.7 Å². The molecule has 0 spiro atoms. The van der Waals surface area contributed by atoms with Crippen LogP contribution < -0.4 is 16.8 Å². The second-order valence-corrected chi connectivity index (χ2v) is 9.48. The molecule has 0 aliphatic heterocycles. The zero-order valence-electron chi connectivity index (χ0n) is 19.6. The van der Waals surface area contributed by atoms with Crippen molar-refractivity contribution >= 4 is 33.4 Å². The minimum absolute atomic E-state index is 0.0121. The molecule has 1 aromatic heterocycles. The Morgan fingerprint density at radius 2 is 1.69 bits per heavy atom. The summed E-state index contributed by atoms with van der Waals surface area (Å²) in [6.07, 6.45) is 3.60. The Labute approximate surface area is 204 Å². The number of carbonyl (C=O) groups is 1. The number of amidine groups is 1. The number of benzene rings is 3. The molecule has 0 bridgehead atoms. The fourth-order valence-electron chi connectivity index (χ4n) is 5.17. The van der Waals surface area contributed by atoms with Crippen molar-refractivity contribution in [2.75, 3.05) is 0 Å². The lowest BCUT2D eigenvalue weighted by Gasteiger charge is -2.27. The predicted octanol–water partition coefficient (Wildman–Crippen LogP) is 3.62. The molecule has 7 heteroatoms. The first-order chi connectivity index (χ1) is 16.9. The predicted molar refractivity (Wildman–Crippen MR) is 140 cm³/mol. The maximum absolute atomic E-state index is 13.5. The summed E-state index contributed by atoms with van der Waals surface area (Å²) in [5, 5.41) is 23.9. The Bertz CT molecular complexity index is 1420. The SMILES string of the molecule is N=C(N)c1ccc2cc(C(=O)NC3CCC(N)CC3)n(Cc3ccc(CO)c4ccccc34)c2c1. The highest BCUT2D eigenvalue weighted by Crippen LogP contribution is 2.28. The maximum atomic E-state index is 13.5. The van der Waals surface area contributed by atoms with Gasteiger partial charge in [0.25, 0.3) is 5.91 Å². The summed E-state index contributed by atoms with van der Waals surface area (Å²) < 4.78 is 2.01. The number of nitrogens with two attached hydrogens (primary N) is 2. The topological polar surface area (TPSA) is 130 Å². The van der Waals surface area contributed by atoms with Gasteiger partial charge < -0.3 is 26.5 Å². The first-order valence-electron chi connectivity index (χ1n) is 12.1. The van der Waals surface area contributed by atoms with Crippen LogP contribution in [0.4, 0.5) is 0 Å². The number of hydrogen-bond acceptors (Lipinski definition) is 4. The van der Waals surface area contributed by atoms with Crippen molar-refractivity contribution in [1.29, 1.82) is 5.41 Å². The number of rotatable bonds is 6. The molecule has 1 heterocycles. The zero-order valence-corrected chi connectivity index (χ0v) is 19.6. The molecule has 1 aliphatic carbocycles. The molecule has 1 amide bonds. The molecule has 1 fully saturated rings. The molecular weight excluding hydrogens is 438 g/mol. The van der Waals surface area contributed by atoms with E-state index in [4.69, 9.17) is 16.9 Å². The summed E-state index contributed by atoms with van der Waals surface area (Å²) in [5.74, 6) is -0.121. The van der Waals surface area contributed by atoms with Gasteiger partial charge in [-0.25, -0.2) is 0 Å². The van der Waals surface area contributed by atoms with Crippen molar-refractivity contribution < 1.29 is 9.90 Å². The molecule has 0 atom stereocenters. The molecule has 1 saturated carbocycles. The van der Waals surface area contributed by atoms with Crippen LogP contribution in [-0.4, -0.2) is 33.5 Å². The maximum Gasteiger partial charge on any atom is 0.268 e. The Balaban J connectivity index is 1.59. The smallest absolute Gasteiger partial charge is 0.268 e. The lowest BCUT2D eigenvalue weighted by Crippen LogP contribution is -2.41. The van der Waals surface area contributed by atoms with Gasteiger partial charge in [0.1, 0.15) is 11.5 Å². The van der Waals surface area contributed by atoms with E-state index in [1.54, 1.807) is 0 Å². The van der Waals surface area contributed by atoms with Gasteiger partial charge >= 0.3 is 0 Å². The van der Waals surface area contributed by atoms with Crippen molar-refractivity contribution in [3.05, 3.63) is 83.0 Å². The van der Waals surface area contributed by atoms with Gasteiger partial charge in [-0.2, -0.15) is 0 Å².